The van der Waals surface area contributed by atoms with Gasteiger partial charge in [-0.15, -0.1) is 5.10 Å². The highest BCUT2D eigenvalue weighted by atomic mass is 15.5. The van der Waals surface area contributed by atoms with E-state index < -0.39 is 0 Å². The van der Waals surface area contributed by atoms with Crippen molar-refractivity contribution in [3.05, 3.63) is 23.8 Å². The average Bonchev–Trinajstić information content (AvgIpc) is 2.91. The van der Waals surface area contributed by atoms with Crippen molar-refractivity contribution in [3.63, 3.8) is 0 Å². The lowest BCUT2D eigenvalue weighted by molar-refractivity contribution is 0.307. The van der Waals surface area contributed by atoms with Crippen LogP contribution in [0.3, 0.4) is 0 Å². The molecule has 2 aromatic rings. The second-order valence-electron chi connectivity index (χ2n) is 5.78. The maximum Gasteiger partial charge on any atom is 0.184 e. The van der Waals surface area contributed by atoms with Gasteiger partial charge in [0, 0.05) is 17.8 Å². The molecule has 1 aliphatic carbocycles. The number of benzene rings is 1. The normalized spacial score (nSPS) is 16.4. The molecular formula is C15H21N5. The van der Waals surface area contributed by atoms with Gasteiger partial charge in [-0.05, 0) is 48.2 Å². The highest BCUT2D eigenvalue weighted by molar-refractivity contribution is 5.71. The Bertz CT molecular complexity index is 584. The fraction of sp³-hybridized carbons (Fsp3) is 0.533. The van der Waals surface area contributed by atoms with Crippen LogP contribution in [0.5, 0.6) is 0 Å². The van der Waals surface area contributed by atoms with E-state index in [1.54, 1.807) is 0 Å². The number of aryl methyl sites for hydroxylation is 1. The molecule has 0 amide bonds. The lowest BCUT2D eigenvalue weighted by Gasteiger charge is -2.21. The molecule has 1 fully saturated rings. The van der Waals surface area contributed by atoms with E-state index in [2.05, 4.69) is 28.5 Å². The van der Waals surface area contributed by atoms with Crippen LogP contribution in [0.25, 0.3) is 11.4 Å². The molecule has 1 saturated carbocycles. The smallest absolute Gasteiger partial charge is 0.184 e. The van der Waals surface area contributed by atoms with Crippen LogP contribution in [0.2, 0.25) is 0 Å². The van der Waals surface area contributed by atoms with Crippen molar-refractivity contribution in [2.75, 3.05) is 5.73 Å². The quantitative estimate of drug-likeness (QED) is 0.871. The lowest BCUT2D eigenvalue weighted by Crippen LogP contribution is -2.16. The van der Waals surface area contributed by atoms with Crippen molar-refractivity contribution in [2.24, 2.45) is 5.92 Å². The van der Waals surface area contributed by atoms with Gasteiger partial charge in [-0.2, -0.15) is 0 Å². The van der Waals surface area contributed by atoms with Crippen LogP contribution >= 0.6 is 0 Å². The van der Waals surface area contributed by atoms with Gasteiger partial charge in [0.15, 0.2) is 5.82 Å². The summed E-state index contributed by atoms with van der Waals surface area (Å²) in [5.74, 6) is 1.48. The molecule has 0 atom stereocenters. The standard InChI is InChI=1S/C15H21N5/c1-11-7-8-14(16)13(9-11)15-17-18-19-20(15)10-12-5-3-2-4-6-12/h7-9,12H,2-6,10,16H2,1H3. The van der Waals surface area contributed by atoms with E-state index in [0.29, 0.717) is 5.92 Å². The van der Waals surface area contributed by atoms with E-state index in [0.717, 1.165) is 23.6 Å². The number of hydrogen-bond donors (Lipinski definition) is 1. The van der Waals surface area contributed by atoms with Crippen molar-refractivity contribution in [1.82, 2.24) is 20.2 Å². The molecule has 5 nitrogen and oxygen atoms in total. The van der Waals surface area contributed by atoms with Gasteiger partial charge in [-0.3, -0.25) is 0 Å². The van der Waals surface area contributed by atoms with Crippen LogP contribution in [0.4, 0.5) is 5.69 Å². The third-order valence-corrected chi connectivity index (χ3v) is 4.14. The Morgan fingerprint density at radius 3 is 2.85 bits per heavy atom. The highest BCUT2D eigenvalue weighted by Crippen LogP contribution is 2.28. The van der Waals surface area contributed by atoms with E-state index in [4.69, 9.17) is 5.73 Å². The van der Waals surface area contributed by atoms with Crippen molar-refractivity contribution in [1.29, 1.82) is 0 Å². The number of nitrogen functional groups attached to an aromatic ring is 1. The highest BCUT2D eigenvalue weighted by Gasteiger charge is 2.18. The molecule has 1 aromatic heterocycles. The fourth-order valence-corrected chi connectivity index (χ4v) is 3.00. The molecule has 1 aliphatic rings. The predicted octanol–water partition coefficient (Wildman–Crippen LogP) is 2.81. The van der Waals surface area contributed by atoms with Gasteiger partial charge in [0.1, 0.15) is 0 Å². The Hall–Kier alpha value is -1.91. The monoisotopic (exact) mass is 271 g/mol. The molecule has 106 valence electrons. The first-order chi connectivity index (χ1) is 9.74. The van der Waals surface area contributed by atoms with E-state index in [-0.39, 0.29) is 0 Å². The maximum atomic E-state index is 6.07. The molecule has 1 aromatic carbocycles. The summed E-state index contributed by atoms with van der Waals surface area (Å²) < 4.78 is 1.92. The summed E-state index contributed by atoms with van der Waals surface area (Å²) in [5.41, 5.74) is 8.91. The Morgan fingerprint density at radius 1 is 1.25 bits per heavy atom. The number of tetrazole rings is 1. The molecule has 0 radical (unpaired) electrons. The van der Waals surface area contributed by atoms with Gasteiger partial charge in [0.2, 0.25) is 0 Å². The van der Waals surface area contributed by atoms with Crippen molar-refractivity contribution >= 4 is 5.69 Å². The average molecular weight is 271 g/mol. The minimum atomic E-state index is 0.692. The Labute approximate surface area is 119 Å². The summed E-state index contributed by atoms with van der Waals surface area (Å²) in [6.07, 6.45) is 6.58. The minimum Gasteiger partial charge on any atom is -0.398 e. The van der Waals surface area contributed by atoms with Gasteiger partial charge in [0.25, 0.3) is 0 Å². The molecule has 0 saturated heterocycles. The van der Waals surface area contributed by atoms with E-state index in [1.165, 1.54) is 37.7 Å². The van der Waals surface area contributed by atoms with Crippen molar-refractivity contribution < 1.29 is 0 Å². The number of nitrogens with two attached hydrogens (primary N) is 1. The summed E-state index contributed by atoms with van der Waals surface area (Å²) in [6.45, 7) is 2.95. The number of hydrogen-bond acceptors (Lipinski definition) is 4. The number of nitrogens with zero attached hydrogens (tertiary/aromatic N) is 4. The summed E-state index contributed by atoms with van der Waals surface area (Å²) in [7, 11) is 0. The zero-order valence-electron chi connectivity index (χ0n) is 11.9. The van der Waals surface area contributed by atoms with Gasteiger partial charge >= 0.3 is 0 Å². The topological polar surface area (TPSA) is 69.6 Å². The molecule has 0 spiro atoms. The third kappa shape index (κ3) is 2.66. The van der Waals surface area contributed by atoms with Gasteiger partial charge in [-0.25, -0.2) is 4.68 Å². The molecule has 0 aliphatic heterocycles. The van der Waals surface area contributed by atoms with Crippen LogP contribution in [-0.2, 0) is 6.54 Å². The molecule has 2 N–H and O–H groups in total. The summed E-state index contributed by atoms with van der Waals surface area (Å²) in [4.78, 5) is 0. The minimum absolute atomic E-state index is 0.692. The first kappa shape index (κ1) is 13.1. The van der Waals surface area contributed by atoms with Crippen molar-refractivity contribution in [2.45, 2.75) is 45.6 Å². The van der Waals surface area contributed by atoms with Crippen LogP contribution in [-0.4, -0.2) is 20.2 Å². The van der Waals surface area contributed by atoms with Crippen molar-refractivity contribution in [3.8, 4) is 11.4 Å². The predicted molar refractivity (Wildman–Crippen MR) is 79.0 cm³/mol. The first-order valence-corrected chi connectivity index (χ1v) is 7.36. The SMILES string of the molecule is Cc1ccc(N)c(-c2nnnn2CC2CCCCC2)c1. The molecule has 3 rings (SSSR count). The third-order valence-electron chi connectivity index (χ3n) is 4.14. The molecule has 0 bridgehead atoms. The van der Waals surface area contributed by atoms with Gasteiger partial charge in [-0.1, -0.05) is 30.9 Å². The van der Waals surface area contributed by atoms with E-state index in [1.807, 2.05) is 16.8 Å². The van der Waals surface area contributed by atoms with Crippen LogP contribution in [0.15, 0.2) is 18.2 Å². The fourth-order valence-electron chi connectivity index (χ4n) is 3.00. The van der Waals surface area contributed by atoms with Crippen LogP contribution in [0, 0.1) is 12.8 Å². The lowest BCUT2D eigenvalue weighted by atomic mass is 9.89. The molecule has 1 heterocycles. The Morgan fingerprint density at radius 2 is 2.05 bits per heavy atom. The molecule has 0 unspecified atom stereocenters. The summed E-state index contributed by atoms with van der Waals surface area (Å²) in [6, 6.07) is 5.98. The summed E-state index contributed by atoms with van der Waals surface area (Å²) in [5, 5.41) is 12.2. The van der Waals surface area contributed by atoms with Gasteiger partial charge < -0.3 is 5.73 Å². The second-order valence-corrected chi connectivity index (χ2v) is 5.78. The first-order valence-electron chi connectivity index (χ1n) is 7.36. The maximum absolute atomic E-state index is 6.07. The van der Waals surface area contributed by atoms with Gasteiger partial charge in [0.05, 0.1) is 0 Å². The summed E-state index contributed by atoms with van der Waals surface area (Å²) >= 11 is 0. The number of anilines is 1. The molecule has 5 heteroatoms. The number of aromatic nitrogens is 4. The number of rotatable bonds is 3. The molecular weight excluding hydrogens is 250 g/mol. The van der Waals surface area contributed by atoms with E-state index >= 15 is 0 Å². The Balaban J connectivity index is 1.87. The zero-order valence-corrected chi connectivity index (χ0v) is 11.9. The second kappa shape index (κ2) is 5.61. The largest absolute Gasteiger partial charge is 0.398 e. The van der Waals surface area contributed by atoms with Crippen LogP contribution in [0.1, 0.15) is 37.7 Å². The Kier molecular flexibility index (Phi) is 3.67. The van der Waals surface area contributed by atoms with E-state index in [9.17, 15) is 0 Å². The van der Waals surface area contributed by atoms with Crippen LogP contribution < -0.4 is 5.73 Å². The molecule has 20 heavy (non-hydrogen) atoms. The zero-order chi connectivity index (χ0) is 13.9.